The third-order valence-corrected chi connectivity index (χ3v) is 5.45. The largest absolute Gasteiger partial charge is 0.359 e. The van der Waals surface area contributed by atoms with Crippen molar-refractivity contribution in [3.05, 3.63) is 0 Å². The Morgan fingerprint density at radius 2 is 2.45 bits per heavy atom. The van der Waals surface area contributed by atoms with E-state index in [-0.39, 0.29) is 5.91 Å². The van der Waals surface area contributed by atoms with Gasteiger partial charge in [-0.2, -0.15) is 0 Å². The van der Waals surface area contributed by atoms with Gasteiger partial charge in [-0.15, -0.1) is 0 Å². The van der Waals surface area contributed by atoms with Crippen molar-refractivity contribution in [1.82, 2.24) is 5.32 Å². The van der Waals surface area contributed by atoms with Gasteiger partial charge in [0, 0.05) is 21.5 Å². The summed E-state index contributed by atoms with van der Waals surface area (Å²) in [6.07, 6.45) is 2.59. The molecule has 0 aromatic carbocycles. The molecule has 0 spiro atoms. The van der Waals surface area contributed by atoms with Crippen LogP contribution in [-0.2, 0) is 4.79 Å². The fraction of sp³-hybridized carbons (Fsp3) is 0.750. The molecule has 0 saturated carbocycles. The molecule has 0 aromatic heterocycles. The van der Waals surface area contributed by atoms with Crippen LogP contribution in [0, 0.1) is 0 Å². The molecule has 11 heavy (non-hydrogen) atoms. The average molecular weight is 169 g/mol. The summed E-state index contributed by atoms with van der Waals surface area (Å²) in [5.74, 6) is 0.222. The van der Waals surface area contributed by atoms with E-state index in [1.165, 1.54) is 18.9 Å². The van der Waals surface area contributed by atoms with Gasteiger partial charge in [0.05, 0.1) is 0 Å². The second-order valence-corrected chi connectivity index (χ2v) is 6.00. The fourth-order valence-electron chi connectivity index (χ4n) is 1.48. The number of amides is 1. The topological polar surface area (TPSA) is 29.1 Å². The molecule has 0 saturated heterocycles. The van der Waals surface area contributed by atoms with Crippen LogP contribution in [0.25, 0.3) is 0 Å². The molecule has 0 bridgehead atoms. The highest BCUT2D eigenvalue weighted by Crippen LogP contribution is 2.11. The first-order valence-corrected chi connectivity index (χ1v) is 6.03. The van der Waals surface area contributed by atoms with Gasteiger partial charge in [0.25, 0.3) is 0 Å². The minimum absolute atomic E-state index is 0.222. The molecule has 0 atom stereocenters. The first-order chi connectivity index (χ1) is 5.24. The van der Waals surface area contributed by atoms with Crippen LogP contribution in [0.4, 0.5) is 0 Å². The van der Waals surface area contributed by atoms with Crippen LogP contribution in [0.5, 0.6) is 0 Å². The molecule has 3 heteroatoms. The standard InChI is InChI=1S/C8H15NOSi/c1-7-4-3-5-11(7)6-8(10)9-2/h3-6H2,1-2H3,(H,9,10). The van der Waals surface area contributed by atoms with Crippen molar-refractivity contribution in [2.75, 3.05) is 7.05 Å². The van der Waals surface area contributed by atoms with Crippen LogP contribution in [0.2, 0.25) is 12.1 Å². The zero-order chi connectivity index (χ0) is 8.27. The Morgan fingerprint density at radius 3 is 2.91 bits per heavy atom. The molecule has 1 aliphatic rings. The van der Waals surface area contributed by atoms with Crippen molar-refractivity contribution in [3.63, 3.8) is 0 Å². The van der Waals surface area contributed by atoms with Gasteiger partial charge in [0.1, 0.15) is 0 Å². The maximum Gasteiger partial charge on any atom is 0.220 e. The first kappa shape index (κ1) is 8.65. The first-order valence-electron chi connectivity index (χ1n) is 4.12. The van der Waals surface area contributed by atoms with Crippen molar-refractivity contribution >= 4 is 19.5 Å². The molecular weight excluding hydrogens is 154 g/mol. The van der Waals surface area contributed by atoms with E-state index in [9.17, 15) is 4.79 Å². The zero-order valence-corrected chi connectivity index (χ0v) is 8.24. The molecule has 0 aromatic rings. The van der Waals surface area contributed by atoms with Crippen molar-refractivity contribution in [1.29, 1.82) is 0 Å². The molecule has 0 fully saturated rings. The summed E-state index contributed by atoms with van der Waals surface area (Å²) in [6.45, 7) is 2.21. The minimum atomic E-state index is -0.396. The SMILES string of the molecule is CNC(=O)C[Si]1=C(C)CCC1. The summed E-state index contributed by atoms with van der Waals surface area (Å²) in [5.41, 5.74) is 0. The van der Waals surface area contributed by atoms with Crippen molar-refractivity contribution in [3.8, 4) is 0 Å². The lowest BCUT2D eigenvalue weighted by molar-refractivity contribution is -0.118. The third kappa shape index (κ3) is 2.26. The van der Waals surface area contributed by atoms with Crippen LogP contribution in [0.15, 0.2) is 0 Å². The highest BCUT2D eigenvalue weighted by Gasteiger charge is 2.13. The number of carbonyl (C=O) groups excluding carboxylic acids is 1. The molecule has 1 N–H and O–H groups in total. The van der Waals surface area contributed by atoms with Crippen LogP contribution in [0.1, 0.15) is 19.8 Å². The summed E-state index contributed by atoms with van der Waals surface area (Å²) >= 11 is 0. The molecule has 1 heterocycles. The summed E-state index contributed by atoms with van der Waals surface area (Å²) < 4.78 is 0. The Hall–Kier alpha value is -0.443. The Kier molecular flexibility index (Phi) is 2.99. The van der Waals surface area contributed by atoms with E-state index in [4.69, 9.17) is 0 Å². The van der Waals surface area contributed by atoms with Crippen molar-refractivity contribution in [2.45, 2.75) is 31.9 Å². The highest BCUT2D eigenvalue weighted by molar-refractivity contribution is 6.74. The zero-order valence-electron chi connectivity index (χ0n) is 7.24. The van der Waals surface area contributed by atoms with Gasteiger partial charge in [-0.25, -0.2) is 0 Å². The molecular formula is C8H15NOSi. The number of nitrogens with one attached hydrogen (secondary N) is 1. The van der Waals surface area contributed by atoms with Gasteiger partial charge in [-0.3, -0.25) is 4.79 Å². The summed E-state index contributed by atoms with van der Waals surface area (Å²) in [7, 11) is 1.32. The lowest BCUT2D eigenvalue weighted by Crippen LogP contribution is -2.22. The normalized spacial score (nSPS) is 17.3. The molecule has 1 rings (SSSR count). The third-order valence-electron chi connectivity index (χ3n) is 2.29. The molecule has 1 amide bonds. The van der Waals surface area contributed by atoms with E-state index in [1.54, 1.807) is 12.2 Å². The van der Waals surface area contributed by atoms with Gasteiger partial charge >= 0.3 is 0 Å². The molecule has 1 aliphatic heterocycles. The van der Waals surface area contributed by atoms with E-state index in [0.717, 1.165) is 6.04 Å². The van der Waals surface area contributed by atoms with Crippen molar-refractivity contribution in [2.24, 2.45) is 0 Å². The maximum absolute atomic E-state index is 11.0. The van der Waals surface area contributed by atoms with Gasteiger partial charge < -0.3 is 5.32 Å². The lowest BCUT2D eigenvalue weighted by atomic mass is 10.3. The van der Waals surface area contributed by atoms with Crippen LogP contribution in [0.3, 0.4) is 0 Å². The molecule has 2 nitrogen and oxygen atoms in total. The molecule has 0 unspecified atom stereocenters. The maximum atomic E-state index is 11.0. The number of hydrogen-bond donors (Lipinski definition) is 1. The Balaban J connectivity index is 2.48. The minimum Gasteiger partial charge on any atom is -0.359 e. The van der Waals surface area contributed by atoms with Gasteiger partial charge in [-0.05, 0) is 25.8 Å². The number of carbonyl (C=O) groups is 1. The van der Waals surface area contributed by atoms with E-state index >= 15 is 0 Å². The predicted molar refractivity (Wildman–Crippen MR) is 49.3 cm³/mol. The van der Waals surface area contributed by atoms with E-state index in [1.807, 2.05) is 0 Å². The van der Waals surface area contributed by atoms with Gasteiger partial charge in [0.15, 0.2) is 0 Å². The van der Waals surface area contributed by atoms with Crippen LogP contribution >= 0.6 is 0 Å². The fourth-order valence-corrected chi connectivity index (χ4v) is 4.08. The van der Waals surface area contributed by atoms with Crippen LogP contribution < -0.4 is 5.32 Å². The lowest BCUT2D eigenvalue weighted by Gasteiger charge is -2.00. The van der Waals surface area contributed by atoms with E-state index in [2.05, 4.69) is 12.2 Å². The monoisotopic (exact) mass is 169 g/mol. The smallest absolute Gasteiger partial charge is 0.220 e. The summed E-state index contributed by atoms with van der Waals surface area (Å²) in [6, 6.07) is 2.11. The van der Waals surface area contributed by atoms with Crippen molar-refractivity contribution < 1.29 is 4.79 Å². The Morgan fingerprint density at radius 1 is 1.73 bits per heavy atom. The van der Waals surface area contributed by atoms with Gasteiger partial charge in [-0.1, -0.05) is 5.17 Å². The highest BCUT2D eigenvalue weighted by atomic mass is 28.2. The second-order valence-electron chi connectivity index (χ2n) is 3.09. The molecule has 0 radical (unpaired) electrons. The summed E-state index contributed by atoms with van der Waals surface area (Å²) in [4.78, 5) is 11.0. The Bertz CT molecular complexity index is 198. The molecule has 0 aliphatic carbocycles. The van der Waals surface area contributed by atoms with E-state index in [0.29, 0.717) is 0 Å². The Labute approximate surface area is 69.2 Å². The molecule has 62 valence electrons. The van der Waals surface area contributed by atoms with Crippen LogP contribution in [-0.4, -0.2) is 26.5 Å². The second kappa shape index (κ2) is 3.81. The van der Waals surface area contributed by atoms with Gasteiger partial charge in [0.2, 0.25) is 5.91 Å². The quantitative estimate of drug-likeness (QED) is 0.609. The van der Waals surface area contributed by atoms with E-state index < -0.39 is 8.41 Å². The number of rotatable bonds is 2. The predicted octanol–water partition coefficient (Wildman–Crippen LogP) is 0.795. The number of hydrogen-bond acceptors (Lipinski definition) is 1. The average Bonchev–Trinajstić information content (AvgIpc) is 2.37. The summed E-state index contributed by atoms with van der Waals surface area (Å²) in [5, 5.41) is 4.30.